The summed E-state index contributed by atoms with van der Waals surface area (Å²) < 4.78 is 98.8. The van der Waals surface area contributed by atoms with Gasteiger partial charge in [-0.3, -0.25) is 0 Å². The fourth-order valence-corrected chi connectivity index (χ4v) is 6.27. The van der Waals surface area contributed by atoms with E-state index in [0.717, 1.165) is 28.8 Å². The lowest BCUT2D eigenvalue weighted by molar-refractivity contribution is -0.274. The number of amides is 2. The topological polar surface area (TPSA) is 84.6 Å². The summed E-state index contributed by atoms with van der Waals surface area (Å²) in [6.45, 7) is 5.52. The molecule has 1 atom stereocenters. The Morgan fingerprint density at radius 3 is 2.27 bits per heavy atom. The summed E-state index contributed by atoms with van der Waals surface area (Å²) in [6.07, 6.45) is -9.25. The van der Waals surface area contributed by atoms with E-state index in [-0.39, 0.29) is 34.8 Å². The number of hydrogen-bond donors (Lipinski definition) is 1. The van der Waals surface area contributed by atoms with Crippen molar-refractivity contribution in [3.8, 4) is 22.8 Å². The molecular weight excluding hydrogens is 750 g/mol. The number of hydrogen-bond acceptors (Lipinski definition) is 5. The number of aromatic nitrogens is 3. The van der Waals surface area contributed by atoms with Gasteiger partial charge in [0.1, 0.15) is 18.2 Å². The lowest BCUT2D eigenvalue weighted by atomic mass is 9.98. The summed E-state index contributed by atoms with van der Waals surface area (Å²) in [7, 11) is 0. The van der Waals surface area contributed by atoms with E-state index >= 15 is 4.39 Å². The molecule has 290 valence electrons. The molecule has 2 amide bonds. The molecule has 0 fully saturated rings. The molecule has 1 heterocycles. The van der Waals surface area contributed by atoms with Crippen molar-refractivity contribution in [1.29, 1.82) is 0 Å². The van der Waals surface area contributed by atoms with Crippen LogP contribution < -0.4 is 15.0 Å². The van der Waals surface area contributed by atoms with Gasteiger partial charge in [-0.25, -0.2) is 18.9 Å². The Labute approximate surface area is 317 Å². The lowest BCUT2D eigenvalue weighted by Crippen LogP contribution is -2.35. The monoisotopic (exact) mass is 786 g/mol. The van der Waals surface area contributed by atoms with Crippen molar-refractivity contribution in [3.05, 3.63) is 126 Å². The second kappa shape index (κ2) is 17.8. The summed E-state index contributed by atoms with van der Waals surface area (Å²) >= 11 is 0.390. The molecule has 1 aromatic heterocycles. The summed E-state index contributed by atoms with van der Waals surface area (Å²) in [6, 6.07) is 25.2. The molecule has 0 aliphatic carbocycles. The van der Waals surface area contributed by atoms with Gasteiger partial charge in [0, 0.05) is 17.8 Å². The molecule has 5 rings (SSSR count). The lowest BCUT2D eigenvalue weighted by Gasteiger charge is -2.29. The number of nitrogens with zero attached hydrogens (tertiary/aromatic N) is 5. The Balaban J connectivity index is 1.30. The number of urea groups is 1. The van der Waals surface area contributed by atoms with Crippen LogP contribution in [0.4, 0.5) is 41.2 Å². The third kappa shape index (κ3) is 12.1. The fourth-order valence-electron chi connectivity index (χ4n) is 5.48. The Morgan fingerprint density at radius 2 is 1.64 bits per heavy atom. The van der Waals surface area contributed by atoms with Crippen LogP contribution in [0.1, 0.15) is 48.2 Å². The zero-order valence-electron chi connectivity index (χ0n) is 29.9. The van der Waals surface area contributed by atoms with Crippen molar-refractivity contribution in [2.24, 2.45) is 4.99 Å². The number of ether oxygens (including phenoxy) is 1. The molecule has 0 saturated heterocycles. The first kappa shape index (κ1) is 40.8. The van der Waals surface area contributed by atoms with E-state index in [1.54, 1.807) is 17.0 Å². The van der Waals surface area contributed by atoms with Gasteiger partial charge in [-0.1, -0.05) is 92.3 Å². The average molecular weight is 787 g/mol. The van der Waals surface area contributed by atoms with E-state index in [1.807, 2.05) is 69.3 Å². The van der Waals surface area contributed by atoms with Crippen LogP contribution in [0.2, 0.25) is 0 Å². The number of benzene rings is 4. The normalized spacial score (nSPS) is 12.8. The number of anilines is 1. The van der Waals surface area contributed by atoms with Crippen LogP contribution in [0.25, 0.3) is 17.1 Å². The Kier molecular flexibility index (Phi) is 13.2. The van der Waals surface area contributed by atoms with Gasteiger partial charge in [0.2, 0.25) is 0 Å². The molecule has 16 heteroatoms. The standard InChI is InChI=1S/C39H37F7N6O2S/c1-25(2)32-18-9-26(3)21-34(32)51(20-19-27-7-5-4-6-8-27)37(55-23-38(41,42)43)49-36(53)47-22-33(40)28-10-12-29(13-11-28)35-48-24-52(50-35)30-14-16-31(17-15-30)54-39(44,45)46/h4-18,21,24-25,33H,19-20,22-23H2,1-3H3,(H,47,53). The predicted molar refractivity (Wildman–Crippen MR) is 199 cm³/mol. The number of alkyl halides is 7. The molecule has 0 radical (unpaired) electrons. The highest BCUT2D eigenvalue weighted by atomic mass is 32.2. The number of rotatable bonds is 12. The second-order valence-corrected chi connectivity index (χ2v) is 13.7. The molecule has 1 unspecified atom stereocenters. The van der Waals surface area contributed by atoms with Crippen molar-refractivity contribution in [3.63, 3.8) is 0 Å². The predicted octanol–water partition coefficient (Wildman–Crippen LogP) is 10.4. The van der Waals surface area contributed by atoms with Crippen LogP contribution in [-0.4, -0.2) is 57.3 Å². The summed E-state index contributed by atoms with van der Waals surface area (Å²) in [4.78, 5) is 23.1. The smallest absolute Gasteiger partial charge is 0.406 e. The number of thioether (sulfide) groups is 1. The Morgan fingerprint density at radius 1 is 0.945 bits per heavy atom. The summed E-state index contributed by atoms with van der Waals surface area (Å²) in [5, 5.41) is 6.56. The number of nitrogens with one attached hydrogen (secondary N) is 1. The maximum Gasteiger partial charge on any atom is 0.573 e. The molecule has 5 aromatic rings. The van der Waals surface area contributed by atoms with Crippen LogP contribution in [0.5, 0.6) is 5.75 Å². The number of amidine groups is 1. The first-order chi connectivity index (χ1) is 26.0. The van der Waals surface area contributed by atoms with Gasteiger partial charge in [-0.15, -0.1) is 18.3 Å². The van der Waals surface area contributed by atoms with Crippen molar-refractivity contribution in [2.75, 3.05) is 23.7 Å². The minimum atomic E-state index is -4.82. The second-order valence-electron chi connectivity index (χ2n) is 12.7. The maximum absolute atomic E-state index is 15.4. The molecule has 0 aliphatic heterocycles. The molecule has 0 spiro atoms. The molecule has 0 bridgehead atoms. The van der Waals surface area contributed by atoms with Gasteiger partial charge >= 0.3 is 18.6 Å². The van der Waals surface area contributed by atoms with Crippen LogP contribution in [0.15, 0.2) is 108 Å². The van der Waals surface area contributed by atoms with Crippen LogP contribution >= 0.6 is 11.8 Å². The molecular formula is C39H37F7N6O2S. The maximum atomic E-state index is 15.4. The van der Waals surface area contributed by atoms with E-state index in [1.165, 1.54) is 35.3 Å². The molecule has 55 heavy (non-hydrogen) atoms. The third-order valence-corrected chi connectivity index (χ3v) is 9.19. The van der Waals surface area contributed by atoms with E-state index in [2.05, 4.69) is 25.1 Å². The summed E-state index contributed by atoms with van der Waals surface area (Å²) in [5.74, 6) is -1.42. The zero-order valence-corrected chi connectivity index (χ0v) is 30.7. The largest absolute Gasteiger partial charge is 0.573 e. The van der Waals surface area contributed by atoms with E-state index in [0.29, 0.717) is 35.1 Å². The minimum absolute atomic E-state index is 0.00481. The van der Waals surface area contributed by atoms with Gasteiger partial charge in [0.25, 0.3) is 0 Å². The first-order valence-electron chi connectivity index (χ1n) is 17.0. The first-order valence-corrected chi connectivity index (χ1v) is 18.0. The number of aryl methyl sites for hydroxylation is 1. The van der Waals surface area contributed by atoms with Crippen molar-refractivity contribution >= 4 is 28.6 Å². The highest BCUT2D eigenvalue weighted by Gasteiger charge is 2.32. The van der Waals surface area contributed by atoms with Gasteiger partial charge in [0.05, 0.1) is 18.0 Å². The number of halogens is 7. The van der Waals surface area contributed by atoms with Crippen LogP contribution in [-0.2, 0) is 6.42 Å². The molecule has 0 aliphatic rings. The molecule has 0 saturated carbocycles. The molecule has 1 N–H and O–H groups in total. The van der Waals surface area contributed by atoms with Gasteiger partial charge in [-0.2, -0.15) is 18.2 Å². The van der Waals surface area contributed by atoms with Gasteiger partial charge < -0.3 is 15.0 Å². The fraction of sp³-hybridized carbons (Fsp3) is 0.282. The van der Waals surface area contributed by atoms with Gasteiger partial charge in [-0.05, 0) is 71.8 Å². The SMILES string of the molecule is Cc1ccc(C(C)C)c(N(CCc2ccccc2)C(=NC(=O)NCC(F)c2ccc(-c3ncn(-c4ccc(OC(F)(F)F)cc4)n3)cc2)SCC(F)(F)F)c1. The summed E-state index contributed by atoms with van der Waals surface area (Å²) in [5.41, 5.74) is 4.44. The average Bonchev–Trinajstić information content (AvgIpc) is 3.63. The number of aliphatic imine (C=N–C) groups is 1. The van der Waals surface area contributed by atoms with E-state index in [9.17, 15) is 31.1 Å². The van der Waals surface area contributed by atoms with E-state index < -0.39 is 37.0 Å². The zero-order chi connectivity index (χ0) is 39.8. The highest BCUT2D eigenvalue weighted by Crippen LogP contribution is 2.33. The van der Waals surface area contributed by atoms with Crippen molar-refractivity contribution < 1.29 is 40.3 Å². The number of carbonyl (C=O) groups is 1. The quantitative estimate of drug-likeness (QED) is 0.0770. The van der Waals surface area contributed by atoms with Crippen molar-refractivity contribution in [1.82, 2.24) is 20.1 Å². The Bertz CT molecular complexity index is 2050. The molecule has 4 aromatic carbocycles. The van der Waals surface area contributed by atoms with Crippen LogP contribution in [0.3, 0.4) is 0 Å². The third-order valence-electron chi connectivity index (χ3n) is 8.15. The molecule has 8 nitrogen and oxygen atoms in total. The number of carbonyl (C=O) groups excluding carboxylic acids is 1. The van der Waals surface area contributed by atoms with Crippen molar-refractivity contribution in [2.45, 2.75) is 51.8 Å². The van der Waals surface area contributed by atoms with Gasteiger partial charge in [0.15, 0.2) is 11.0 Å². The Hall–Kier alpha value is -5.38. The van der Waals surface area contributed by atoms with Crippen LogP contribution in [0, 0.1) is 6.92 Å². The highest BCUT2D eigenvalue weighted by molar-refractivity contribution is 8.14. The minimum Gasteiger partial charge on any atom is -0.406 e. The van der Waals surface area contributed by atoms with E-state index in [4.69, 9.17) is 0 Å².